The van der Waals surface area contributed by atoms with Gasteiger partial charge in [-0.05, 0) is 62.7 Å². The summed E-state index contributed by atoms with van der Waals surface area (Å²) in [7, 11) is 0. The Morgan fingerprint density at radius 2 is 1.85 bits per heavy atom. The van der Waals surface area contributed by atoms with E-state index in [1.54, 1.807) is 0 Å². The molecule has 1 saturated carbocycles. The van der Waals surface area contributed by atoms with Crippen LogP contribution in [0.1, 0.15) is 72.6 Å². The molecule has 0 spiro atoms. The Balaban J connectivity index is 2.24. The van der Waals surface area contributed by atoms with Crippen LogP contribution in [0.2, 0.25) is 0 Å². The van der Waals surface area contributed by atoms with Gasteiger partial charge < -0.3 is 10.4 Å². The van der Waals surface area contributed by atoms with E-state index in [2.05, 4.69) is 26.1 Å². The van der Waals surface area contributed by atoms with Crippen LogP contribution in [0.15, 0.2) is 0 Å². The zero-order valence-corrected chi connectivity index (χ0v) is 13.7. The number of hydrogen-bond donors (Lipinski definition) is 2. The van der Waals surface area contributed by atoms with E-state index in [9.17, 15) is 4.79 Å². The van der Waals surface area contributed by atoms with Gasteiger partial charge in [-0.1, -0.05) is 20.8 Å². The number of aliphatic hydroxyl groups excluding tert-OH is 1. The Bertz CT molecular complexity index is 288. The average molecular weight is 283 g/mol. The number of amides is 1. The summed E-state index contributed by atoms with van der Waals surface area (Å²) >= 11 is 0. The fraction of sp³-hybridized carbons (Fsp3) is 0.941. The molecule has 118 valence electrons. The molecule has 1 fully saturated rings. The van der Waals surface area contributed by atoms with Crippen LogP contribution in [0.4, 0.5) is 0 Å². The standard InChI is InChI=1S/C17H33NO2/c1-13(6-5-11-19)18-16(20)12-14-7-9-15(10-8-14)17(2,3)4/h13-15,19H,5-12H2,1-4H3,(H,18,20). The van der Waals surface area contributed by atoms with E-state index in [-0.39, 0.29) is 18.6 Å². The van der Waals surface area contributed by atoms with Gasteiger partial charge in [-0.2, -0.15) is 0 Å². The third-order valence-electron chi connectivity index (χ3n) is 4.75. The molecule has 0 heterocycles. The zero-order valence-electron chi connectivity index (χ0n) is 13.7. The molecular formula is C17H33NO2. The number of nitrogens with one attached hydrogen (secondary N) is 1. The van der Waals surface area contributed by atoms with Crippen molar-refractivity contribution in [3.63, 3.8) is 0 Å². The summed E-state index contributed by atoms with van der Waals surface area (Å²) in [5.74, 6) is 1.57. The van der Waals surface area contributed by atoms with Crippen molar-refractivity contribution in [3.05, 3.63) is 0 Å². The smallest absolute Gasteiger partial charge is 0.220 e. The summed E-state index contributed by atoms with van der Waals surface area (Å²) in [4.78, 5) is 12.0. The lowest BCUT2D eigenvalue weighted by Crippen LogP contribution is -2.35. The Morgan fingerprint density at radius 3 is 2.35 bits per heavy atom. The first-order valence-corrected chi connectivity index (χ1v) is 8.23. The Labute approximate surface area is 124 Å². The van der Waals surface area contributed by atoms with Gasteiger partial charge in [0.05, 0.1) is 0 Å². The summed E-state index contributed by atoms with van der Waals surface area (Å²) in [6.07, 6.45) is 7.22. The van der Waals surface area contributed by atoms with Crippen molar-refractivity contribution in [2.24, 2.45) is 17.3 Å². The quantitative estimate of drug-likeness (QED) is 0.783. The van der Waals surface area contributed by atoms with Crippen LogP contribution < -0.4 is 5.32 Å². The van der Waals surface area contributed by atoms with E-state index in [4.69, 9.17) is 5.11 Å². The predicted octanol–water partition coefficient (Wildman–Crippen LogP) is 3.51. The molecule has 2 N–H and O–H groups in total. The van der Waals surface area contributed by atoms with Gasteiger partial charge in [-0.3, -0.25) is 4.79 Å². The second kappa shape index (κ2) is 8.02. The van der Waals surface area contributed by atoms with Gasteiger partial charge in [0, 0.05) is 19.1 Å². The highest BCUT2D eigenvalue weighted by molar-refractivity contribution is 5.76. The summed E-state index contributed by atoms with van der Waals surface area (Å²) < 4.78 is 0. The molecule has 1 aliphatic carbocycles. The molecule has 1 amide bonds. The van der Waals surface area contributed by atoms with Crippen molar-refractivity contribution in [1.82, 2.24) is 5.32 Å². The zero-order chi connectivity index (χ0) is 15.2. The van der Waals surface area contributed by atoms with E-state index in [1.165, 1.54) is 25.7 Å². The van der Waals surface area contributed by atoms with E-state index in [0.29, 0.717) is 17.8 Å². The maximum atomic E-state index is 12.0. The number of rotatable bonds is 6. The Morgan fingerprint density at radius 1 is 1.25 bits per heavy atom. The minimum atomic E-state index is 0.181. The molecule has 3 heteroatoms. The Hall–Kier alpha value is -0.570. The lowest BCUT2D eigenvalue weighted by Gasteiger charge is -2.36. The van der Waals surface area contributed by atoms with Crippen molar-refractivity contribution >= 4 is 5.91 Å². The molecule has 0 aliphatic heterocycles. The van der Waals surface area contributed by atoms with Crippen LogP contribution in [0, 0.1) is 17.3 Å². The van der Waals surface area contributed by atoms with E-state index >= 15 is 0 Å². The molecule has 0 aromatic carbocycles. The molecule has 1 rings (SSSR count). The number of carbonyl (C=O) groups is 1. The first kappa shape index (κ1) is 17.5. The molecule has 1 unspecified atom stereocenters. The molecule has 0 saturated heterocycles. The van der Waals surface area contributed by atoms with Crippen molar-refractivity contribution in [3.8, 4) is 0 Å². The lowest BCUT2D eigenvalue weighted by atomic mass is 9.69. The molecule has 0 aromatic rings. The van der Waals surface area contributed by atoms with Gasteiger partial charge in [0.15, 0.2) is 0 Å². The Kier molecular flexibility index (Phi) is 7.01. The van der Waals surface area contributed by atoms with Gasteiger partial charge in [-0.15, -0.1) is 0 Å². The minimum absolute atomic E-state index is 0.181. The third kappa shape index (κ3) is 6.25. The van der Waals surface area contributed by atoms with Crippen molar-refractivity contribution in [1.29, 1.82) is 0 Å². The van der Waals surface area contributed by atoms with Crippen molar-refractivity contribution in [2.75, 3.05) is 6.61 Å². The molecule has 20 heavy (non-hydrogen) atoms. The monoisotopic (exact) mass is 283 g/mol. The topological polar surface area (TPSA) is 49.3 Å². The van der Waals surface area contributed by atoms with Crippen molar-refractivity contribution in [2.45, 2.75) is 78.7 Å². The van der Waals surface area contributed by atoms with Crippen LogP contribution in [-0.4, -0.2) is 23.7 Å². The summed E-state index contributed by atoms with van der Waals surface area (Å²) in [5.41, 5.74) is 0.409. The number of hydrogen-bond acceptors (Lipinski definition) is 2. The molecule has 0 aromatic heterocycles. The largest absolute Gasteiger partial charge is 0.396 e. The van der Waals surface area contributed by atoms with Crippen LogP contribution in [0.3, 0.4) is 0 Å². The van der Waals surface area contributed by atoms with Gasteiger partial charge in [0.25, 0.3) is 0 Å². The van der Waals surface area contributed by atoms with Crippen molar-refractivity contribution < 1.29 is 9.90 Å². The molecule has 1 aliphatic rings. The number of aliphatic hydroxyl groups is 1. The highest BCUT2D eigenvalue weighted by atomic mass is 16.2. The summed E-state index contributed by atoms with van der Waals surface area (Å²) in [5, 5.41) is 11.8. The molecule has 1 atom stereocenters. The predicted molar refractivity (Wildman–Crippen MR) is 83.4 cm³/mol. The second-order valence-electron chi connectivity index (χ2n) is 7.62. The van der Waals surface area contributed by atoms with Crippen LogP contribution >= 0.6 is 0 Å². The van der Waals surface area contributed by atoms with Gasteiger partial charge in [0.2, 0.25) is 5.91 Å². The van der Waals surface area contributed by atoms with Crippen LogP contribution in [-0.2, 0) is 4.79 Å². The van der Waals surface area contributed by atoms with Crippen LogP contribution in [0.5, 0.6) is 0 Å². The fourth-order valence-electron chi connectivity index (χ4n) is 3.30. The minimum Gasteiger partial charge on any atom is -0.396 e. The fourth-order valence-corrected chi connectivity index (χ4v) is 3.30. The van der Waals surface area contributed by atoms with E-state index < -0.39 is 0 Å². The lowest BCUT2D eigenvalue weighted by molar-refractivity contribution is -0.123. The highest BCUT2D eigenvalue weighted by Gasteiger charge is 2.30. The van der Waals surface area contributed by atoms with Gasteiger partial charge in [0.1, 0.15) is 0 Å². The normalized spacial score (nSPS) is 25.2. The molecule has 0 bridgehead atoms. The molecule has 0 radical (unpaired) electrons. The maximum absolute atomic E-state index is 12.0. The SMILES string of the molecule is CC(CCCO)NC(=O)CC1CCC(C(C)(C)C)CC1. The first-order chi connectivity index (χ1) is 9.32. The van der Waals surface area contributed by atoms with Crippen LogP contribution in [0.25, 0.3) is 0 Å². The summed E-state index contributed by atoms with van der Waals surface area (Å²) in [6, 6.07) is 0.181. The second-order valence-corrected chi connectivity index (χ2v) is 7.62. The average Bonchev–Trinajstić information content (AvgIpc) is 2.35. The first-order valence-electron chi connectivity index (χ1n) is 8.23. The highest BCUT2D eigenvalue weighted by Crippen LogP contribution is 2.40. The maximum Gasteiger partial charge on any atom is 0.220 e. The summed E-state index contributed by atoms with van der Waals surface area (Å²) in [6.45, 7) is 9.20. The molecule has 3 nitrogen and oxygen atoms in total. The van der Waals surface area contributed by atoms with Gasteiger partial charge >= 0.3 is 0 Å². The third-order valence-corrected chi connectivity index (χ3v) is 4.75. The van der Waals surface area contributed by atoms with E-state index in [0.717, 1.165) is 18.8 Å². The molecular weight excluding hydrogens is 250 g/mol. The number of carbonyl (C=O) groups excluding carboxylic acids is 1. The van der Waals surface area contributed by atoms with Gasteiger partial charge in [-0.25, -0.2) is 0 Å². The van der Waals surface area contributed by atoms with E-state index in [1.807, 2.05) is 6.92 Å².